The number of carbonyl (C=O) groups excluding carboxylic acids is 2. The van der Waals surface area contributed by atoms with Crippen molar-refractivity contribution in [3.63, 3.8) is 0 Å². The van der Waals surface area contributed by atoms with Gasteiger partial charge in [0.1, 0.15) is 5.69 Å². The summed E-state index contributed by atoms with van der Waals surface area (Å²) in [7, 11) is 1.46. The van der Waals surface area contributed by atoms with Crippen LogP contribution in [0.25, 0.3) is 0 Å². The first-order chi connectivity index (χ1) is 14.3. The van der Waals surface area contributed by atoms with Crippen molar-refractivity contribution < 1.29 is 14.5 Å². The smallest absolute Gasteiger partial charge is 0.322 e. The molecule has 0 aliphatic heterocycles. The number of rotatable bonds is 6. The lowest BCUT2D eigenvalue weighted by Gasteiger charge is -2.11. The number of hydrogen-bond donors (Lipinski definition) is 2. The number of nitro groups is 1. The number of aromatic nitrogens is 2. The molecule has 0 radical (unpaired) electrons. The van der Waals surface area contributed by atoms with E-state index in [1.54, 1.807) is 31.2 Å². The number of carbonyl (C=O) groups is 2. The van der Waals surface area contributed by atoms with Crippen LogP contribution in [0.15, 0.2) is 29.4 Å². The van der Waals surface area contributed by atoms with Gasteiger partial charge in [0.2, 0.25) is 11.6 Å². The Morgan fingerprint density at radius 3 is 2.47 bits per heavy atom. The SMILES string of the molecule is CC(=NNC(=O)c1c([N+](=O)[O-])c(C)nn1C)c1ccc(NC(=O)C2CCCC2)cc1. The summed E-state index contributed by atoms with van der Waals surface area (Å²) in [6.07, 6.45) is 4.06. The highest BCUT2D eigenvalue weighted by Gasteiger charge is 2.29. The van der Waals surface area contributed by atoms with Gasteiger partial charge in [0.15, 0.2) is 0 Å². The van der Waals surface area contributed by atoms with Crippen molar-refractivity contribution in [2.24, 2.45) is 18.1 Å². The minimum atomic E-state index is -0.718. The van der Waals surface area contributed by atoms with E-state index in [1.165, 1.54) is 14.0 Å². The maximum Gasteiger partial charge on any atom is 0.322 e. The van der Waals surface area contributed by atoms with Crippen LogP contribution in [0.3, 0.4) is 0 Å². The number of hydrogen-bond acceptors (Lipinski definition) is 6. The summed E-state index contributed by atoms with van der Waals surface area (Å²) in [4.78, 5) is 35.2. The standard InChI is InChI=1S/C20H24N6O4/c1-12(22-23-20(28)18-17(26(29)30)13(2)24-25(18)3)14-8-10-16(11-9-14)21-19(27)15-6-4-5-7-15/h8-11,15H,4-7H2,1-3H3,(H,21,27)(H,23,28). The molecular weight excluding hydrogens is 388 g/mol. The van der Waals surface area contributed by atoms with Gasteiger partial charge in [-0.05, 0) is 44.4 Å². The lowest BCUT2D eigenvalue weighted by atomic mass is 10.1. The van der Waals surface area contributed by atoms with Crippen molar-refractivity contribution in [3.05, 3.63) is 51.3 Å². The molecule has 0 spiro atoms. The number of hydrazone groups is 1. The van der Waals surface area contributed by atoms with E-state index >= 15 is 0 Å². The molecule has 158 valence electrons. The first-order valence-electron chi connectivity index (χ1n) is 9.72. The Kier molecular flexibility index (Phi) is 6.24. The third-order valence-corrected chi connectivity index (χ3v) is 5.21. The molecule has 10 nitrogen and oxygen atoms in total. The molecule has 0 unspecified atom stereocenters. The Balaban J connectivity index is 1.66. The second kappa shape index (κ2) is 8.85. The van der Waals surface area contributed by atoms with E-state index in [4.69, 9.17) is 0 Å². The Labute approximate surface area is 173 Å². The molecule has 1 fully saturated rings. The summed E-state index contributed by atoms with van der Waals surface area (Å²) in [6, 6.07) is 7.12. The Bertz CT molecular complexity index is 1000. The number of aryl methyl sites for hydroxylation is 2. The maximum absolute atomic E-state index is 12.4. The summed E-state index contributed by atoms with van der Waals surface area (Å²) < 4.78 is 1.16. The van der Waals surface area contributed by atoms with Crippen LogP contribution in [0.4, 0.5) is 11.4 Å². The molecule has 1 saturated carbocycles. The number of nitrogens with zero attached hydrogens (tertiary/aromatic N) is 4. The Morgan fingerprint density at radius 2 is 1.87 bits per heavy atom. The number of amides is 2. The topological polar surface area (TPSA) is 132 Å². The quantitative estimate of drug-likeness (QED) is 0.428. The third-order valence-electron chi connectivity index (χ3n) is 5.21. The highest BCUT2D eigenvalue weighted by molar-refractivity contribution is 6.02. The molecule has 1 aromatic carbocycles. The summed E-state index contributed by atoms with van der Waals surface area (Å²) in [5.74, 6) is -0.585. The van der Waals surface area contributed by atoms with Gasteiger partial charge in [-0.1, -0.05) is 25.0 Å². The highest BCUT2D eigenvalue weighted by Crippen LogP contribution is 2.26. The van der Waals surface area contributed by atoms with Crippen molar-refractivity contribution in [1.82, 2.24) is 15.2 Å². The lowest BCUT2D eigenvalue weighted by molar-refractivity contribution is -0.385. The first kappa shape index (κ1) is 21.2. The summed E-state index contributed by atoms with van der Waals surface area (Å²) in [5.41, 5.74) is 3.95. The molecule has 0 atom stereocenters. The van der Waals surface area contributed by atoms with Gasteiger partial charge in [0.05, 0.1) is 10.6 Å². The third kappa shape index (κ3) is 4.53. The molecule has 1 aliphatic rings. The molecule has 10 heteroatoms. The van der Waals surface area contributed by atoms with Crippen molar-refractivity contribution in [2.75, 3.05) is 5.32 Å². The van der Waals surface area contributed by atoms with Gasteiger partial charge in [0.25, 0.3) is 5.91 Å². The van der Waals surface area contributed by atoms with Gasteiger partial charge >= 0.3 is 5.69 Å². The molecule has 2 N–H and O–H groups in total. The maximum atomic E-state index is 12.4. The summed E-state index contributed by atoms with van der Waals surface area (Å²) in [5, 5.41) is 22.1. The normalized spacial score (nSPS) is 14.6. The predicted octanol–water partition coefficient (Wildman–Crippen LogP) is 2.92. The Morgan fingerprint density at radius 1 is 1.23 bits per heavy atom. The zero-order valence-electron chi connectivity index (χ0n) is 17.1. The van der Waals surface area contributed by atoms with E-state index < -0.39 is 10.8 Å². The molecule has 1 heterocycles. The van der Waals surface area contributed by atoms with E-state index in [0.717, 1.165) is 35.9 Å². The van der Waals surface area contributed by atoms with E-state index in [1.807, 2.05) is 0 Å². The predicted molar refractivity (Wildman–Crippen MR) is 111 cm³/mol. The fraction of sp³-hybridized carbons (Fsp3) is 0.400. The first-order valence-corrected chi connectivity index (χ1v) is 9.72. The van der Waals surface area contributed by atoms with Crippen LogP contribution in [-0.2, 0) is 11.8 Å². The van der Waals surface area contributed by atoms with Crippen LogP contribution < -0.4 is 10.7 Å². The van der Waals surface area contributed by atoms with Gasteiger partial charge in [-0.25, -0.2) is 5.43 Å². The van der Waals surface area contributed by atoms with Crippen molar-refractivity contribution in [2.45, 2.75) is 39.5 Å². The Hall–Kier alpha value is -3.56. The van der Waals surface area contributed by atoms with Crippen LogP contribution in [0.5, 0.6) is 0 Å². The van der Waals surface area contributed by atoms with E-state index in [0.29, 0.717) is 11.4 Å². The molecule has 30 heavy (non-hydrogen) atoms. The van der Waals surface area contributed by atoms with Crippen LogP contribution in [0, 0.1) is 23.0 Å². The molecule has 0 saturated heterocycles. The summed E-state index contributed by atoms with van der Waals surface area (Å²) in [6.45, 7) is 3.17. The average molecular weight is 412 g/mol. The zero-order chi connectivity index (χ0) is 21.8. The molecule has 0 bridgehead atoms. The van der Waals surface area contributed by atoms with Crippen LogP contribution >= 0.6 is 0 Å². The molecule has 2 amide bonds. The number of benzene rings is 1. The van der Waals surface area contributed by atoms with Gasteiger partial charge in [-0.3, -0.25) is 24.4 Å². The largest absolute Gasteiger partial charge is 0.326 e. The summed E-state index contributed by atoms with van der Waals surface area (Å²) >= 11 is 0. The molecule has 3 rings (SSSR count). The van der Waals surface area contributed by atoms with E-state index in [9.17, 15) is 19.7 Å². The lowest BCUT2D eigenvalue weighted by Crippen LogP contribution is -2.23. The monoisotopic (exact) mass is 412 g/mol. The van der Waals surface area contributed by atoms with Crippen LogP contribution in [-0.4, -0.2) is 32.2 Å². The van der Waals surface area contributed by atoms with Crippen LogP contribution in [0.2, 0.25) is 0 Å². The van der Waals surface area contributed by atoms with Gasteiger partial charge in [-0.2, -0.15) is 10.2 Å². The van der Waals surface area contributed by atoms with Crippen molar-refractivity contribution >= 4 is 28.9 Å². The zero-order valence-corrected chi connectivity index (χ0v) is 17.1. The van der Waals surface area contributed by atoms with E-state index in [2.05, 4.69) is 20.9 Å². The molecule has 2 aromatic rings. The number of nitrogens with one attached hydrogen (secondary N) is 2. The van der Waals surface area contributed by atoms with Crippen molar-refractivity contribution in [3.8, 4) is 0 Å². The second-order valence-corrected chi connectivity index (χ2v) is 7.35. The van der Waals surface area contributed by atoms with Crippen molar-refractivity contribution in [1.29, 1.82) is 0 Å². The fourth-order valence-corrected chi connectivity index (χ4v) is 3.60. The number of anilines is 1. The molecular formula is C20H24N6O4. The minimum Gasteiger partial charge on any atom is -0.326 e. The van der Waals surface area contributed by atoms with Gasteiger partial charge in [-0.15, -0.1) is 0 Å². The van der Waals surface area contributed by atoms with Crippen LogP contribution in [0.1, 0.15) is 54.4 Å². The highest BCUT2D eigenvalue weighted by atomic mass is 16.6. The van der Waals surface area contributed by atoms with E-state index in [-0.39, 0.29) is 28.9 Å². The fourth-order valence-electron chi connectivity index (χ4n) is 3.60. The molecule has 1 aliphatic carbocycles. The average Bonchev–Trinajstić information content (AvgIpc) is 3.34. The minimum absolute atomic E-state index is 0.0472. The second-order valence-electron chi connectivity index (χ2n) is 7.35. The van der Waals surface area contributed by atoms with Gasteiger partial charge in [0, 0.05) is 18.7 Å². The van der Waals surface area contributed by atoms with Gasteiger partial charge < -0.3 is 5.32 Å². The molecule has 1 aromatic heterocycles.